The molecule has 1 saturated carbocycles. The molecule has 0 radical (unpaired) electrons. The Morgan fingerprint density at radius 2 is 2.08 bits per heavy atom. The van der Waals surface area contributed by atoms with E-state index in [2.05, 4.69) is 0 Å². The van der Waals surface area contributed by atoms with E-state index in [1.54, 1.807) is 0 Å². The van der Waals surface area contributed by atoms with E-state index >= 15 is 0 Å². The molecule has 0 aromatic carbocycles. The average molecular weight is 187 g/mol. The number of rotatable bonds is 7. The molecule has 0 aromatic rings. The van der Waals surface area contributed by atoms with Gasteiger partial charge in [0.15, 0.2) is 0 Å². The number of nitrogens with two attached hydrogens (primary N) is 1. The third-order valence-corrected chi connectivity index (χ3v) is 2.36. The summed E-state index contributed by atoms with van der Waals surface area (Å²) in [5, 5.41) is 0. The second kappa shape index (κ2) is 5.58. The maximum atomic E-state index is 5.89. The summed E-state index contributed by atoms with van der Waals surface area (Å²) in [6.07, 6.45) is 2.74. The Morgan fingerprint density at radius 3 is 2.62 bits per heavy atom. The van der Waals surface area contributed by atoms with Crippen LogP contribution in [0.1, 0.15) is 26.7 Å². The van der Waals surface area contributed by atoms with Gasteiger partial charge in [-0.25, -0.2) is 0 Å². The van der Waals surface area contributed by atoms with Crippen molar-refractivity contribution < 1.29 is 9.47 Å². The lowest BCUT2D eigenvalue weighted by atomic mass is 10.2. The van der Waals surface area contributed by atoms with Gasteiger partial charge < -0.3 is 15.2 Å². The molecule has 1 fully saturated rings. The van der Waals surface area contributed by atoms with Crippen LogP contribution in [0.2, 0.25) is 0 Å². The summed E-state index contributed by atoms with van der Waals surface area (Å²) >= 11 is 0. The van der Waals surface area contributed by atoms with Crippen LogP contribution in [0.25, 0.3) is 0 Å². The summed E-state index contributed by atoms with van der Waals surface area (Å²) < 4.78 is 10.8. The standard InChI is InChI=1S/C10H21NO2/c1-3-12-6-8(2)13-7-10(11)9-4-5-9/h8-10H,3-7,11H2,1-2H3. The zero-order valence-electron chi connectivity index (χ0n) is 8.66. The number of ether oxygens (including phenoxy) is 2. The van der Waals surface area contributed by atoms with Crippen molar-refractivity contribution in [1.82, 2.24) is 0 Å². The summed E-state index contributed by atoms with van der Waals surface area (Å²) in [6.45, 7) is 6.12. The van der Waals surface area contributed by atoms with E-state index in [0.29, 0.717) is 13.2 Å². The second-order valence-electron chi connectivity index (χ2n) is 3.80. The van der Waals surface area contributed by atoms with Crippen molar-refractivity contribution in [3.05, 3.63) is 0 Å². The smallest absolute Gasteiger partial charge is 0.0781 e. The van der Waals surface area contributed by atoms with E-state index in [1.165, 1.54) is 12.8 Å². The van der Waals surface area contributed by atoms with Crippen molar-refractivity contribution in [2.24, 2.45) is 11.7 Å². The Kier molecular flexibility index (Phi) is 4.70. The Balaban J connectivity index is 1.96. The minimum Gasteiger partial charge on any atom is -0.379 e. The van der Waals surface area contributed by atoms with Crippen molar-refractivity contribution in [1.29, 1.82) is 0 Å². The average Bonchev–Trinajstić information content (AvgIpc) is 2.93. The Bertz CT molecular complexity index is 137. The largest absolute Gasteiger partial charge is 0.379 e. The van der Waals surface area contributed by atoms with Gasteiger partial charge >= 0.3 is 0 Å². The Labute approximate surface area is 80.6 Å². The van der Waals surface area contributed by atoms with Gasteiger partial charge in [0.2, 0.25) is 0 Å². The van der Waals surface area contributed by atoms with E-state index in [0.717, 1.165) is 12.5 Å². The van der Waals surface area contributed by atoms with E-state index in [4.69, 9.17) is 15.2 Å². The first-order valence-corrected chi connectivity index (χ1v) is 5.19. The minimum absolute atomic E-state index is 0.171. The van der Waals surface area contributed by atoms with E-state index < -0.39 is 0 Å². The van der Waals surface area contributed by atoms with Crippen LogP contribution < -0.4 is 5.73 Å². The fraction of sp³-hybridized carbons (Fsp3) is 1.00. The van der Waals surface area contributed by atoms with Gasteiger partial charge in [-0.05, 0) is 32.6 Å². The predicted octanol–water partition coefficient (Wildman–Crippen LogP) is 1.17. The van der Waals surface area contributed by atoms with Crippen molar-refractivity contribution in [2.45, 2.75) is 38.8 Å². The molecular weight excluding hydrogens is 166 g/mol. The molecule has 1 aliphatic rings. The minimum atomic E-state index is 0.171. The topological polar surface area (TPSA) is 44.5 Å². The molecule has 0 heterocycles. The van der Waals surface area contributed by atoms with Gasteiger partial charge in [-0.3, -0.25) is 0 Å². The zero-order chi connectivity index (χ0) is 9.68. The summed E-state index contributed by atoms with van der Waals surface area (Å²) in [6, 6.07) is 0.240. The number of hydrogen-bond acceptors (Lipinski definition) is 3. The molecule has 2 atom stereocenters. The third-order valence-electron chi connectivity index (χ3n) is 2.36. The summed E-state index contributed by atoms with van der Waals surface area (Å²) in [5.41, 5.74) is 5.89. The molecule has 1 rings (SSSR count). The maximum Gasteiger partial charge on any atom is 0.0781 e. The van der Waals surface area contributed by atoms with Gasteiger partial charge in [-0.2, -0.15) is 0 Å². The molecule has 3 heteroatoms. The van der Waals surface area contributed by atoms with Gasteiger partial charge in [0.25, 0.3) is 0 Å². The molecule has 0 aliphatic heterocycles. The van der Waals surface area contributed by atoms with Crippen molar-refractivity contribution in [2.75, 3.05) is 19.8 Å². The molecule has 2 N–H and O–H groups in total. The van der Waals surface area contributed by atoms with Crippen molar-refractivity contribution in [3.8, 4) is 0 Å². The highest BCUT2D eigenvalue weighted by molar-refractivity contribution is 4.83. The molecule has 2 unspecified atom stereocenters. The van der Waals surface area contributed by atoms with Crippen LogP contribution in [0, 0.1) is 5.92 Å². The number of hydrogen-bond donors (Lipinski definition) is 1. The third kappa shape index (κ3) is 4.60. The van der Waals surface area contributed by atoms with Crippen LogP contribution in [0.4, 0.5) is 0 Å². The lowest BCUT2D eigenvalue weighted by Crippen LogP contribution is -2.31. The fourth-order valence-corrected chi connectivity index (χ4v) is 1.27. The van der Waals surface area contributed by atoms with Crippen LogP contribution in [-0.2, 0) is 9.47 Å². The molecule has 0 spiro atoms. The summed E-state index contributed by atoms with van der Waals surface area (Å²) in [5.74, 6) is 0.722. The van der Waals surface area contributed by atoms with Gasteiger partial charge in [-0.15, -0.1) is 0 Å². The highest BCUT2D eigenvalue weighted by Crippen LogP contribution is 2.31. The van der Waals surface area contributed by atoms with Gasteiger partial charge in [0.1, 0.15) is 0 Å². The molecule has 1 aliphatic carbocycles. The zero-order valence-corrected chi connectivity index (χ0v) is 8.66. The van der Waals surface area contributed by atoms with E-state index in [9.17, 15) is 0 Å². The summed E-state index contributed by atoms with van der Waals surface area (Å²) in [4.78, 5) is 0. The normalized spacial score (nSPS) is 21.5. The molecule has 0 saturated heterocycles. The highest BCUT2D eigenvalue weighted by atomic mass is 16.5. The summed E-state index contributed by atoms with van der Waals surface area (Å²) in [7, 11) is 0. The van der Waals surface area contributed by atoms with Gasteiger partial charge in [0.05, 0.1) is 19.3 Å². The molecule has 0 aromatic heterocycles. The highest BCUT2D eigenvalue weighted by Gasteiger charge is 2.28. The molecule has 13 heavy (non-hydrogen) atoms. The lowest BCUT2D eigenvalue weighted by Gasteiger charge is -2.16. The maximum absolute atomic E-state index is 5.89. The van der Waals surface area contributed by atoms with Gasteiger partial charge in [0, 0.05) is 12.6 Å². The first-order valence-electron chi connectivity index (χ1n) is 5.19. The quantitative estimate of drug-likeness (QED) is 0.650. The monoisotopic (exact) mass is 187 g/mol. The molecule has 78 valence electrons. The van der Waals surface area contributed by atoms with E-state index in [1.807, 2.05) is 13.8 Å². The first-order chi connectivity index (χ1) is 6.24. The molecule has 0 bridgehead atoms. The molecule has 3 nitrogen and oxygen atoms in total. The predicted molar refractivity (Wildman–Crippen MR) is 52.6 cm³/mol. The lowest BCUT2D eigenvalue weighted by molar-refractivity contribution is -0.00979. The first kappa shape index (κ1) is 11.0. The van der Waals surface area contributed by atoms with Crippen molar-refractivity contribution >= 4 is 0 Å². The fourth-order valence-electron chi connectivity index (χ4n) is 1.27. The Hall–Kier alpha value is -0.120. The second-order valence-corrected chi connectivity index (χ2v) is 3.80. The van der Waals surface area contributed by atoms with Crippen molar-refractivity contribution in [3.63, 3.8) is 0 Å². The SMILES string of the molecule is CCOCC(C)OCC(N)C1CC1. The molecule has 0 amide bonds. The molecular formula is C10H21NO2. The van der Waals surface area contributed by atoms with E-state index in [-0.39, 0.29) is 12.1 Å². The van der Waals surface area contributed by atoms with Crippen LogP contribution >= 0.6 is 0 Å². The van der Waals surface area contributed by atoms with Crippen LogP contribution in [0.5, 0.6) is 0 Å². The Morgan fingerprint density at radius 1 is 1.38 bits per heavy atom. The van der Waals surface area contributed by atoms with Crippen LogP contribution in [0.15, 0.2) is 0 Å². The van der Waals surface area contributed by atoms with Crippen LogP contribution in [0.3, 0.4) is 0 Å². The van der Waals surface area contributed by atoms with Gasteiger partial charge in [-0.1, -0.05) is 0 Å². The van der Waals surface area contributed by atoms with Crippen LogP contribution in [-0.4, -0.2) is 32.0 Å².